The van der Waals surface area contributed by atoms with Crippen molar-refractivity contribution in [3.63, 3.8) is 0 Å². The molecule has 0 atom stereocenters. The lowest BCUT2D eigenvalue weighted by molar-refractivity contribution is 0.810. The summed E-state index contributed by atoms with van der Waals surface area (Å²) >= 11 is 2.21. The van der Waals surface area contributed by atoms with E-state index in [1.165, 1.54) is 5.56 Å². The predicted molar refractivity (Wildman–Crippen MR) is 83.4 cm³/mol. The number of benzene rings is 1. The van der Waals surface area contributed by atoms with Crippen LogP contribution in [-0.4, -0.2) is 9.97 Å². The molecule has 1 aromatic carbocycles. The Kier molecular flexibility index (Phi) is 3.85. The number of nitrogens with two attached hydrogens (primary N) is 1. The fourth-order valence-electron chi connectivity index (χ4n) is 1.70. The van der Waals surface area contributed by atoms with Crippen LogP contribution in [0.3, 0.4) is 0 Å². The van der Waals surface area contributed by atoms with Gasteiger partial charge in [-0.3, -0.25) is 0 Å². The van der Waals surface area contributed by atoms with E-state index < -0.39 is 0 Å². The van der Waals surface area contributed by atoms with Crippen molar-refractivity contribution in [2.75, 3.05) is 5.73 Å². The molecule has 0 aliphatic carbocycles. The lowest BCUT2D eigenvalue weighted by Gasteiger charge is -2.11. The van der Waals surface area contributed by atoms with Crippen LogP contribution >= 0.6 is 22.6 Å². The van der Waals surface area contributed by atoms with E-state index in [1.807, 2.05) is 12.1 Å². The van der Waals surface area contributed by atoms with Crippen molar-refractivity contribution in [2.45, 2.75) is 26.7 Å². The van der Waals surface area contributed by atoms with E-state index in [2.05, 4.69) is 65.5 Å². The Bertz CT molecular complexity index is 562. The molecule has 18 heavy (non-hydrogen) atoms. The van der Waals surface area contributed by atoms with Crippen LogP contribution in [-0.2, 0) is 0 Å². The van der Waals surface area contributed by atoms with Gasteiger partial charge in [-0.15, -0.1) is 0 Å². The second-order valence-electron chi connectivity index (χ2n) is 4.65. The third-order valence-electron chi connectivity index (χ3n) is 2.76. The first kappa shape index (κ1) is 13.3. The van der Waals surface area contributed by atoms with E-state index >= 15 is 0 Å². The molecule has 0 aliphatic rings. The van der Waals surface area contributed by atoms with E-state index in [0.29, 0.717) is 17.6 Å². The summed E-state index contributed by atoms with van der Waals surface area (Å²) < 4.78 is 0.957. The molecule has 0 radical (unpaired) electrons. The summed E-state index contributed by atoms with van der Waals surface area (Å²) in [5, 5.41) is 0. The molecule has 0 bridgehead atoms. The quantitative estimate of drug-likeness (QED) is 0.837. The Labute approximate surface area is 121 Å². The largest absolute Gasteiger partial charge is 0.383 e. The van der Waals surface area contributed by atoms with Crippen LogP contribution in [0, 0.1) is 10.5 Å². The summed E-state index contributed by atoms with van der Waals surface area (Å²) in [6.45, 7) is 6.29. The van der Waals surface area contributed by atoms with Crippen LogP contribution in [0.4, 0.5) is 5.82 Å². The normalized spacial score (nSPS) is 10.9. The van der Waals surface area contributed by atoms with Gasteiger partial charge >= 0.3 is 0 Å². The number of anilines is 1. The van der Waals surface area contributed by atoms with Gasteiger partial charge in [0.1, 0.15) is 5.82 Å². The molecule has 0 saturated carbocycles. The molecule has 0 unspecified atom stereocenters. The number of aromatic nitrogens is 2. The summed E-state index contributed by atoms with van der Waals surface area (Å²) in [6, 6.07) is 8.17. The summed E-state index contributed by atoms with van der Waals surface area (Å²) in [7, 11) is 0. The third-order valence-corrected chi connectivity index (χ3v) is 3.86. The number of nitrogen functional groups attached to an aromatic ring is 1. The Balaban J connectivity index is 2.55. The second kappa shape index (κ2) is 5.22. The highest BCUT2D eigenvalue weighted by Gasteiger charge is 2.13. The first-order valence-electron chi connectivity index (χ1n) is 5.89. The van der Waals surface area contributed by atoms with Gasteiger partial charge in [0, 0.05) is 5.56 Å². The van der Waals surface area contributed by atoms with Gasteiger partial charge in [0.15, 0.2) is 5.82 Å². The topological polar surface area (TPSA) is 51.8 Å². The lowest BCUT2D eigenvalue weighted by atomic mass is 10.1. The fraction of sp³-hybridized carbons (Fsp3) is 0.286. The molecule has 2 N–H and O–H groups in total. The zero-order valence-corrected chi connectivity index (χ0v) is 12.9. The Hall–Kier alpha value is -1.17. The molecule has 0 amide bonds. The van der Waals surface area contributed by atoms with Crippen LogP contribution in [0.1, 0.15) is 31.0 Å². The number of rotatable bonds is 2. The zero-order valence-electron chi connectivity index (χ0n) is 10.7. The summed E-state index contributed by atoms with van der Waals surface area (Å²) in [6.07, 6.45) is 0. The smallest absolute Gasteiger partial charge is 0.161 e. The van der Waals surface area contributed by atoms with Crippen molar-refractivity contribution in [3.8, 4) is 11.4 Å². The minimum atomic E-state index is 0.339. The number of nitrogens with zero attached hydrogens (tertiary/aromatic N) is 2. The maximum atomic E-state index is 5.97. The van der Waals surface area contributed by atoms with E-state index in [1.54, 1.807) is 0 Å². The number of aryl methyl sites for hydroxylation is 1. The average molecular weight is 353 g/mol. The monoisotopic (exact) mass is 353 g/mol. The highest BCUT2D eigenvalue weighted by atomic mass is 127. The molecule has 3 nitrogen and oxygen atoms in total. The minimum Gasteiger partial charge on any atom is -0.383 e. The molecule has 4 heteroatoms. The van der Waals surface area contributed by atoms with Crippen LogP contribution < -0.4 is 5.73 Å². The van der Waals surface area contributed by atoms with Gasteiger partial charge in [-0.2, -0.15) is 0 Å². The van der Waals surface area contributed by atoms with Crippen LogP contribution in [0.15, 0.2) is 24.3 Å². The zero-order chi connectivity index (χ0) is 13.3. The molecule has 2 aromatic rings. The van der Waals surface area contributed by atoms with E-state index in [9.17, 15) is 0 Å². The molecule has 1 heterocycles. The molecule has 0 fully saturated rings. The Morgan fingerprint density at radius 1 is 1.11 bits per heavy atom. The first-order chi connectivity index (χ1) is 8.49. The number of hydrogen-bond donors (Lipinski definition) is 1. The Morgan fingerprint density at radius 2 is 1.72 bits per heavy atom. The minimum absolute atomic E-state index is 0.339. The van der Waals surface area contributed by atoms with Crippen LogP contribution in [0.2, 0.25) is 0 Å². The van der Waals surface area contributed by atoms with Gasteiger partial charge in [-0.25, -0.2) is 9.97 Å². The average Bonchev–Trinajstić information content (AvgIpc) is 2.33. The molecular formula is C14H16IN3. The van der Waals surface area contributed by atoms with Crippen LogP contribution in [0.25, 0.3) is 11.4 Å². The highest BCUT2D eigenvalue weighted by molar-refractivity contribution is 14.1. The van der Waals surface area contributed by atoms with E-state index in [4.69, 9.17) is 5.73 Å². The van der Waals surface area contributed by atoms with Gasteiger partial charge < -0.3 is 5.73 Å². The summed E-state index contributed by atoms with van der Waals surface area (Å²) in [5.74, 6) is 1.60. The molecule has 0 aliphatic heterocycles. The van der Waals surface area contributed by atoms with E-state index in [-0.39, 0.29) is 0 Å². The van der Waals surface area contributed by atoms with Crippen molar-refractivity contribution in [1.82, 2.24) is 9.97 Å². The fourth-order valence-corrected chi connectivity index (χ4v) is 2.56. The lowest BCUT2D eigenvalue weighted by Crippen LogP contribution is -2.06. The van der Waals surface area contributed by atoms with E-state index in [0.717, 1.165) is 14.8 Å². The molecule has 0 spiro atoms. The molecule has 1 aromatic heterocycles. The van der Waals surface area contributed by atoms with Gasteiger partial charge in [-0.1, -0.05) is 43.7 Å². The first-order valence-corrected chi connectivity index (χ1v) is 6.97. The summed E-state index contributed by atoms with van der Waals surface area (Å²) in [4.78, 5) is 9.01. The Morgan fingerprint density at radius 3 is 2.28 bits per heavy atom. The molecule has 94 valence electrons. The van der Waals surface area contributed by atoms with Gasteiger partial charge in [0.2, 0.25) is 0 Å². The third kappa shape index (κ3) is 2.63. The molecule has 2 rings (SSSR count). The second-order valence-corrected chi connectivity index (χ2v) is 5.73. The summed E-state index contributed by atoms with van der Waals surface area (Å²) in [5.41, 5.74) is 9.21. The predicted octanol–water partition coefficient (Wildman–Crippen LogP) is 3.76. The van der Waals surface area contributed by atoms with Crippen molar-refractivity contribution in [3.05, 3.63) is 39.1 Å². The molecule has 0 saturated heterocycles. The maximum absolute atomic E-state index is 5.97. The van der Waals surface area contributed by atoms with Crippen molar-refractivity contribution < 1.29 is 0 Å². The maximum Gasteiger partial charge on any atom is 0.161 e. The van der Waals surface area contributed by atoms with Crippen LogP contribution in [0.5, 0.6) is 0 Å². The number of hydrogen-bond acceptors (Lipinski definition) is 3. The highest BCUT2D eigenvalue weighted by Crippen LogP contribution is 2.26. The van der Waals surface area contributed by atoms with Crippen molar-refractivity contribution in [2.24, 2.45) is 0 Å². The van der Waals surface area contributed by atoms with Gasteiger partial charge in [-0.05, 0) is 35.4 Å². The van der Waals surface area contributed by atoms with Gasteiger partial charge in [0.05, 0.1) is 9.26 Å². The SMILES string of the molecule is Cc1ccc(-c2nc(N)c(I)c(C(C)C)n2)cc1. The standard InChI is InChI=1S/C14H16IN3/c1-8(2)12-11(15)13(16)18-14(17-12)10-6-4-9(3)5-7-10/h4-8H,1-3H3,(H2,16,17,18). The van der Waals surface area contributed by atoms with Crippen molar-refractivity contribution >= 4 is 28.4 Å². The van der Waals surface area contributed by atoms with Crippen molar-refractivity contribution in [1.29, 1.82) is 0 Å². The number of halogens is 1. The molecular weight excluding hydrogens is 337 g/mol. The van der Waals surface area contributed by atoms with Gasteiger partial charge in [0.25, 0.3) is 0 Å².